The second-order valence-corrected chi connectivity index (χ2v) is 8.66. The lowest BCUT2D eigenvalue weighted by molar-refractivity contribution is 0.0363. The fourth-order valence-electron chi connectivity index (χ4n) is 1.91. The third-order valence-electron chi connectivity index (χ3n) is 2.93. The van der Waals surface area contributed by atoms with Crippen molar-refractivity contribution in [1.82, 2.24) is 4.90 Å². The maximum Gasteiger partial charge on any atom is 0.436 e. The highest BCUT2D eigenvalue weighted by atomic mass is 32.2. The Morgan fingerprint density at radius 3 is 2.00 bits per heavy atom. The monoisotopic (exact) mass is 395 g/mol. The normalized spacial score (nSPS) is 12.5. The zero-order chi connectivity index (χ0) is 20.8. The van der Waals surface area contributed by atoms with Gasteiger partial charge in [-0.3, -0.25) is 4.90 Å². The average molecular weight is 396 g/mol. The van der Waals surface area contributed by atoms with Crippen molar-refractivity contribution in [2.75, 3.05) is 12.0 Å². The first-order chi connectivity index (χ1) is 12.3. The van der Waals surface area contributed by atoms with Crippen molar-refractivity contribution in [3.05, 3.63) is 29.8 Å². The summed E-state index contributed by atoms with van der Waals surface area (Å²) in [5, 5.41) is 0.190. The number of amides is 2. The van der Waals surface area contributed by atoms with Crippen LogP contribution < -0.4 is 5.73 Å². The standard InChI is InChI=1S/C19H29N3O4S/c1-18(2,3)25-16(23)21-15(27-7)22(17(24)26-19(4,5)6)12-13-8-10-14(20)11-9-13/h8-11H,12,20H2,1-7H3/b21-15+. The molecule has 0 radical (unpaired) electrons. The van der Waals surface area contributed by atoms with Gasteiger partial charge < -0.3 is 15.2 Å². The summed E-state index contributed by atoms with van der Waals surface area (Å²) in [4.78, 5) is 30.1. The zero-order valence-electron chi connectivity index (χ0n) is 17.0. The fourth-order valence-corrected chi connectivity index (χ4v) is 2.44. The lowest BCUT2D eigenvalue weighted by Crippen LogP contribution is -2.39. The Morgan fingerprint density at radius 1 is 1.04 bits per heavy atom. The molecule has 8 heteroatoms. The number of benzene rings is 1. The van der Waals surface area contributed by atoms with E-state index in [2.05, 4.69) is 4.99 Å². The van der Waals surface area contributed by atoms with E-state index >= 15 is 0 Å². The van der Waals surface area contributed by atoms with Crippen LogP contribution in [0.4, 0.5) is 15.3 Å². The van der Waals surface area contributed by atoms with E-state index in [1.165, 1.54) is 4.90 Å². The molecule has 0 bridgehead atoms. The van der Waals surface area contributed by atoms with E-state index in [0.717, 1.165) is 17.3 Å². The van der Waals surface area contributed by atoms with Crippen LogP contribution in [0, 0.1) is 0 Å². The minimum atomic E-state index is -0.766. The third-order valence-corrected chi connectivity index (χ3v) is 3.61. The average Bonchev–Trinajstić information content (AvgIpc) is 2.49. The van der Waals surface area contributed by atoms with Gasteiger partial charge in [-0.15, -0.1) is 0 Å². The van der Waals surface area contributed by atoms with Crippen molar-refractivity contribution in [1.29, 1.82) is 0 Å². The molecule has 0 atom stereocenters. The molecule has 0 aliphatic heterocycles. The SMILES string of the molecule is CS/C(=N/C(=O)OC(C)(C)C)N(Cc1ccc(N)cc1)C(=O)OC(C)(C)C. The van der Waals surface area contributed by atoms with Gasteiger partial charge in [0, 0.05) is 5.69 Å². The van der Waals surface area contributed by atoms with Gasteiger partial charge in [-0.2, -0.15) is 4.99 Å². The largest absolute Gasteiger partial charge is 0.443 e. The highest BCUT2D eigenvalue weighted by molar-refractivity contribution is 8.13. The molecule has 7 nitrogen and oxygen atoms in total. The van der Waals surface area contributed by atoms with Crippen molar-refractivity contribution >= 4 is 34.8 Å². The third kappa shape index (κ3) is 8.81. The van der Waals surface area contributed by atoms with E-state index < -0.39 is 23.4 Å². The van der Waals surface area contributed by atoms with Crippen molar-refractivity contribution < 1.29 is 19.1 Å². The molecule has 150 valence electrons. The summed E-state index contributed by atoms with van der Waals surface area (Å²) in [6.45, 7) is 10.7. The number of nitrogens with zero attached hydrogens (tertiary/aromatic N) is 2. The molecule has 2 N–H and O–H groups in total. The molecular weight excluding hydrogens is 366 g/mol. The molecule has 1 aromatic rings. The molecule has 0 saturated heterocycles. The summed E-state index contributed by atoms with van der Waals surface area (Å²) in [7, 11) is 0. The predicted octanol–water partition coefficient (Wildman–Crippen LogP) is 4.66. The number of nitrogen functional groups attached to an aromatic ring is 1. The topological polar surface area (TPSA) is 94.2 Å². The van der Waals surface area contributed by atoms with Gasteiger partial charge in [-0.25, -0.2) is 9.59 Å². The maximum absolute atomic E-state index is 12.7. The molecule has 27 heavy (non-hydrogen) atoms. The van der Waals surface area contributed by atoms with Gasteiger partial charge >= 0.3 is 12.2 Å². The highest BCUT2D eigenvalue weighted by Gasteiger charge is 2.27. The lowest BCUT2D eigenvalue weighted by atomic mass is 10.2. The summed E-state index contributed by atoms with van der Waals surface area (Å²) >= 11 is 1.16. The highest BCUT2D eigenvalue weighted by Crippen LogP contribution is 2.19. The number of carbonyl (C=O) groups excluding carboxylic acids is 2. The molecule has 0 saturated carbocycles. The van der Waals surface area contributed by atoms with Gasteiger partial charge in [0.15, 0.2) is 5.17 Å². The van der Waals surface area contributed by atoms with E-state index in [-0.39, 0.29) is 11.7 Å². The molecule has 0 heterocycles. The van der Waals surface area contributed by atoms with Crippen molar-refractivity contribution in [3.63, 3.8) is 0 Å². The number of amidine groups is 1. The van der Waals surface area contributed by atoms with Crippen LogP contribution in [-0.2, 0) is 16.0 Å². The van der Waals surface area contributed by atoms with E-state index in [1.54, 1.807) is 72.1 Å². The van der Waals surface area contributed by atoms with Crippen LogP contribution >= 0.6 is 11.8 Å². The molecular formula is C19H29N3O4S. The summed E-state index contributed by atoms with van der Waals surface area (Å²) in [6, 6.07) is 7.09. The number of ether oxygens (including phenoxy) is 2. The predicted molar refractivity (Wildman–Crippen MR) is 110 cm³/mol. The molecule has 2 amide bonds. The Kier molecular flexibility index (Phi) is 7.71. The van der Waals surface area contributed by atoms with Gasteiger partial charge in [0.1, 0.15) is 11.2 Å². The minimum absolute atomic E-state index is 0.178. The fraction of sp³-hybridized carbons (Fsp3) is 0.526. The van der Waals surface area contributed by atoms with Crippen LogP contribution in [0.3, 0.4) is 0 Å². The molecule has 0 spiro atoms. The Morgan fingerprint density at radius 2 is 1.56 bits per heavy atom. The summed E-state index contributed by atoms with van der Waals surface area (Å²) < 4.78 is 10.7. The summed E-state index contributed by atoms with van der Waals surface area (Å²) in [6.07, 6.45) is 0.359. The van der Waals surface area contributed by atoms with Gasteiger partial charge in [0.25, 0.3) is 0 Å². The first-order valence-corrected chi connectivity index (χ1v) is 9.74. The molecule has 0 fully saturated rings. The van der Waals surface area contributed by atoms with E-state index in [9.17, 15) is 9.59 Å². The first-order valence-electron chi connectivity index (χ1n) is 8.51. The Bertz CT molecular complexity index is 688. The Hall–Kier alpha value is -2.22. The number of hydrogen-bond donors (Lipinski definition) is 1. The van der Waals surface area contributed by atoms with E-state index in [1.807, 2.05) is 0 Å². The number of rotatable bonds is 2. The van der Waals surface area contributed by atoms with Crippen LogP contribution in [-0.4, -0.2) is 39.7 Å². The number of nitrogens with two attached hydrogens (primary N) is 1. The maximum atomic E-state index is 12.7. The van der Waals surface area contributed by atoms with Crippen molar-refractivity contribution in [2.24, 2.45) is 4.99 Å². The number of aliphatic imine (C=N–C) groups is 1. The summed E-state index contributed by atoms with van der Waals surface area (Å²) in [5.41, 5.74) is 5.79. The number of carbonyl (C=O) groups is 2. The number of thioether (sulfide) groups is 1. The smallest absolute Gasteiger partial charge is 0.436 e. The minimum Gasteiger partial charge on any atom is -0.443 e. The lowest BCUT2D eigenvalue weighted by Gasteiger charge is -2.27. The molecule has 1 aromatic carbocycles. The van der Waals surface area contributed by atoms with Gasteiger partial charge in [0.05, 0.1) is 6.54 Å². The van der Waals surface area contributed by atoms with Crippen LogP contribution in [0.1, 0.15) is 47.1 Å². The van der Waals surface area contributed by atoms with Gasteiger partial charge in [-0.05, 0) is 65.5 Å². The Labute approximate surface area is 165 Å². The molecule has 0 unspecified atom stereocenters. The van der Waals surface area contributed by atoms with Crippen LogP contribution in [0.2, 0.25) is 0 Å². The first kappa shape index (κ1) is 22.8. The second kappa shape index (κ2) is 9.12. The van der Waals surface area contributed by atoms with Crippen molar-refractivity contribution in [2.45, 2.75) is 59.3 Å². The number of anilines is 1. The number of hydrogen-bond acceptors (Lipinski definition) is 6. The van der Waals surface area contributed by atoms with Crippen molar-refractivity contribution in [3.8, 4) is 0 Å². The van der Waals surface area contributed by atoms with Crippen LogP contribution in [0.25, 0.3) is 0 Å². The second-order valence-electron chi connectivity index (χ2n) is 7.89. The van der Waals surface area contributed by atoms with Crippen LogP contribution in [0.5, 0.6) is 0 Å². The van der Waals surface area contributed by atoms with E-state index in [4.69, 9.17) is 15.2 Å². The Balaban J connectivity index is 3.17. The molecule has 1 rings (SSSR count). The van der Waals surface area contributed by atoms with Gasteiger partial charge in [-0.1, -0.05) is 23.9 Å². The van der Waals surface area contributed by atoms with Gasteiger partial charge in [0.2, 0.25) is 0 Å². The van der Waals surface area contributed by atoms with Crippen LogP contribution in [0.15, 0.2) is 29.3 Å². The molecule has 0 aromatic heterocycles. The van der Waals surface area contributed by atoms with E-state index in [0.29, 0.717) is 5.69 Å². The quantitative estimate of drug-likeness (QED) is 0.445. The molecule has 0 aliphatic rings. The summed E-state index contributed by atoms with van der Waals surface area (Å²) in [5.74, 6) is 0. The zero-order valence-corrected chi connectivity index (χ0v) is 17.8. The molecule has 0 aliphatic carbocycles.